The number of H-pyrrole nitrogens is 1. The van der Waals surface area contributed by atoms with E-state index in [1.165, 1.54) is 32.4 Å². The number of pyridine rings is 1. The molecule has 1 aromatic heterocycles. The van der Waals surface area contributed by atoms with Gasteiger partial charge in [0, 0.05) is 18.2 Å². The van der Waals surface area contributed by atoms with Crippen LogP contribution in [0.5, 0.6) is 0 Å². The molecule has 0 aromatic carbocycles. The predicted octanol–water partition coefficient (Wildman–Crippen LogP) is 0.506. The van der Waals surface area contributed by atoms with Crippen LogP contribution >= 0.6 is 0 Å². The van der Waals surface area contributed by atoms with E-state index in [-0.39, 0.29) is 17.4 Å². The molecule has 0 radical (unpaired) electrons. The normalized spacial score (nSPS) is 14.3. The minimum atomic E-state index is -0.0532. The zero-order chi connectivity index (χ0) is 14.5. The van der Waals surface area contributed by atoms with Gasteiger partial charge in [-0.25, -0.2) is 5.84 Å². The molecule has 2 rings (SSSR count). The minimum Gasteiger partial charge on any atom is -0.333 e. The molecule has 0 bridgehead atoms. The Labute approximate surface area is 113 Å². The highest BCUT2D eigenvalue weighted by Crippen LogP contribution is 2.23. The van der Waals surface area contributed by atoms with E-state index < -0.39 is 0 Å². The van der Waals surface area contributed by atoms with Crippen molar-refractivity contribution in [1.82, 2.24) is 10.4 Å². The summed E-state index contributed by atoms with van der Waals surface area (Å²) in [6, 6.07) is 4.93. The van der Waals surface area contributed by atoms with Crippen molar-refractivity contribution in [3.05, 3.63) is 34.7 Å². The van der Waals surface area contributed by atoms with Crippen molar-refractivity contribution < 1.29 is 4.79 Å². The number of hydrazine groups is 1. The van der Waals surface area contributed by atoms with Crippen LogP contribution in [-0.4, -0.2) is 17.9 Å². The fourth-order valence-corrected chi connectivity index (χ4v) is 1.86. The molecule has 1 amide bonds. The lowest BCUT2D eigenvalue weighted by Crippen LogP contribution is -2.36. The van der Waals surface area contributed by atoms with Crippen LogP contribution in [0.3, 0.4) is 0 Å². The van der Waals surface area contributed by atoms with E-state index in [0.717, 1.165) is 12.8 Å². The van der Waals surface area contributed by atoms with Gasteiger partial charge < -0.3 is 10.7 Å². The number of nitrogens with one attached hydrogen (secondary N) is 2. The lowest BCUT2D eigenvalue weighted by molar-refractivity contribution is -0.125. The number of carbonyl (C=O) groups is 1. The van der Waals surface area contributed by atoms with Crippen molar-refractivity contribution in [1.29, 1.82) is 0 Å². The number of rotatable bonds is 1. The number of aromatic nitrogens is 1. The molecule has 6 nitrogen and oxygen atoms in total. The van der Waals surface area contributed by atoms with Gasteiger partial charge in [0.05, 0.1) is 0 Å². The van der Waals surface area contributed by atoms with Crippen LogP contribution in [0, 0.1) is 5.92 Å². The summed E-state index contributed by atoms with van der Waals surface area (Å²) in [5.41, 5.74) is 6.64. The molecule has 6 heteroatoms. The van der Waals surface area contributed by atoms with E-state index in [1.807, 2.05) is 0 Å². The van der Waals surface area contributed by atoms with Gasteiger partial charge in [0.1, 0.15) is 0 Å². The number of amides is 1. The quantitative estimate of drug-likeness (QED) is 0.337. The second-order valence-electron chi connectivity index (χ2n) is 4.07. The Morgan fingerprint density at radius 2 is 1.89 bits per heavy atom. The molecule has 1 saturated carbocycles. The summed E-state index contributed by atoms with van der Waals surface area (Å²) in [6.45, 7) is 0. The molecule has 108 valence electrons. The highest BCUT2D eigenvalue weighted by atomic mass is 16.2. The fourth-order valence-electron chi connectivity index (χ4n) is 1.86. The Balaban J connectivity index is 0.000000316. The van der Waals surface area contributed by atoms with E-state index >= 15 is 0 Å². The molecule has 0 aliphatic heterocycles. The third kappa shape index (κ3) is 8.12. The van der Waals surface area contributed by atoms with Crippen molar-refractivity contribution in [2.24, 2.45) is 17.5 Å². The summed E-state index contributed by atoms with van der Waals surface area (Å²) in [6.07, 6.45) is 7.26. The molecule has 19 heavy (non-hydrogen) atoms. The van der Waals surface area contributed by atoms with Gasteiger partial charge in [-0.1, -0.05) is 25.3 Å². The molecule has 6 N–H and O–H groups in total. The number of nitrogens with two attached hydrogens (primary N) is 2. The summed E-state index contributed by atoms with van der Waals surface area (Å²) in [5, 5.41) is 0. The van der Waals surface area contributed by atoms with Crippen LogP contribution < -0.4 is 22.6 Å². The number of hydrogen-bond acceptors (Lipinski definition) is 4. The summed E-state index contributed by atoms with van der Waals surface area (Å²) >= 11 is 0. The molecule has 0 unspecified atom stereocenters. The molecule has 0 saturated heterocycles. The standard InChI is InChI=1S/C7H14N2O.C5H5NO.CH5N/c8-9-7(10)6-4-2-1-3-5-6;7-5-3-1-2-4-6-5;1-2/h6H,1-5,8H2,(H,9,10);1-4H,(H,6,7);2H2,1H3. The molecule has 1 fully saturated rings. The Morgan fingerprint density at radius 3 is 2.26 bits per heavy atom. The second kappa shape index (κ2) is 11.4. The van der Waals surface area contributed by atoms with E-state index in [9.17, 15) is 9.59 Å². The maximum Gasteiger partial charge on any atom is 0.247 e. The zero-order valence-electron chi connectivity index (χ0n) is 11.4. The molecule has 1 aliphatic rings. The third-order valence-corrected chi connectivity index (χ3v) is 2.80. The highest BCUT2D eigenvalue weighted by molar-refractivity contribution is 5.77. The molecule has 0 atom stereocenters. The van der Waals surface area contributed by atoms with Gasteiger partial charge in [0.2, 0.25) is 11.5 Å². The summed E-state index contributed by atoms with van der Waals surface area (Å²) < 4.78 is 0. The molecule has 0 spiro atoms. The first-order valence-electron chi connectivity index (χ1n) is 6.46. The molecule has 1 aromatic rings. The van der Waals surface area contributed by atoms with Crippen molar-refractivity contribution in [3.63, 3.8) is 0 Å². The zero-order valence-corrected chi connectivity index (χ0v) is 11.4. The molecular formula is C13H24N4O2. The first kappa shape index (κ1) is 17.3. The maximum absolute atomic E-state index is 10.9. The van der Waals surface area contributed by atoms with Gasteiger partial charge in [0.25, 0.3) is 0 Å². The van der Waals surface area contributed by atoms with Crippen LogP contribution in [0.2, 0.25) is 0 Å². The van der Waals surface area contributed by atoms with Gasteiger partial charge in [0.15, 0.2) is 0 Å². The smallest absolute Gasteiger partial charge is 0.247 e. The second-order valence-corrected chi connectivity index (χ2v) is 4.07. The third-order valence-electron chi connectivity index (χ3n) is 2.80. The fraction of sp³-hybridized carbons (Fsp3) is 0.538. The van der Waals surface area contributed by atoms with Gasteiger partial charge in [-0.05, 0) is 26.0 Å². The van der Waals surface area contributed by atoms with Crippen molar-refractivity contribution >= 4 is 5.91 Å². The van der Waals surface area contributed by atoms with Crippen molar-refractivity contribution in [2.45, 2.75) is 32.1 Å². The van der Waals surface area contributed by atoms with E-state index in [4.69, 9.17) is 5.84 Å². The van der Waals surface area contributed by atoms with Crippen LogP contribution in [0.15, 0.2) is 29.2 Å². The van der Waals surface area contributed by atoms with E-state index in [0.29, 0.717) is 0 Å². The Bertz CT molecular complexity index is 369. The van der Waals surface area contributed by atoms with Gasteiger partial charge >= 0.3 is 0 Å². The predicted molar refractivity (Wildman–Crippen MR) is 76.1 cm³/mol. The van der Waals surface area contributed by atoms with Crippen molar-refractivity contribution in [3.8, 4) is 0 Å². The largest absolute Gasteiger partial charge is 0.333 e. The lowest BCUT2D eigenvalue weighted by atomic mass is 9.89. The average Bonchev–Trinajstić information content (AvgIpc) is 2.51. The lowest BCUT2D eigenvalue weighted by Gasteiger charge is -2.19. The first-order valence-corrected chi connectivity index (χ1v) is 6.46. The highest BCUT2D eigenvalue weighted by Gasteiger charge is 2.19. The Hall–Kier alpha value is -1.66. The van der Waals surface area contributed by atoms with Crippen molar-refractivity contribution in [2.75, 3.05) is 7.05 Å². The SMILES string of the molecule is CN.NNC(=O)C1CCCCC1.O=c1cccc[nH]1. The Kier molecular flexibility index (Phi) is 10.4. The first-order chi connectivity index (χ1) is 9.24. The van der Waals surface area contributed by atoms with Crippen LogP contribution in [0.4, 0.5) is 0 Å². The average molecular weight is 268 g/mol. The molecule has 1 aliphatic carbocycles. The summed E-state index contributed by atoms with van der Waals surface area (Å²) in [5.74, 6) is 5.21. The topological polar surface area (TPSA) is 114 Å². The molecule has 1 heterocycles. The van der Waals surface area contributed by atoms with Gasteiger partial charge in [-0.3, -0.25) is 15.0 Å². The van der Waals surface area contributed by atoms with Crippen LogP contribution in [0.25, 0.3) is 0 Å². The summed E-state index contributed by atoms with van der Waals surface area (Å²) in [4.78, 5) is 23.6. The van der Waals surface area contributed by atoms with Crippen LogP contribution in [0.1, 0.15) is 32.1 Å². The maximum atomic E-state index is 10.9. The monoisotopic (exact) mass is 268 g/mol. The van der Waals surface area contributed by atoms with E-state index in [2.05, 4.69) is 16.1 Å². The Morgan fingerprint density at radius 1 is 1.26 bits per heavy atom. The minimum absolute atomic E-state index is 0.0136. The molecular weight excluding hydrogens is 244 g/mol. The summed E-state index contributed by atoms with van der Waals surface area (Å²) in [7, 11) is 1.50. The number of carbonyl (C=O) groups excluding carboxylic acids is 1. The number of hydrogen-bond donors (Lipinski definition) is 4. The van der Waals surface area contributed by atoms with Gasteiger partial charge in [-0.2, -0.15) is 0 Å². The van der Waals surface area contributed by atoms with E-state index in [1.54, 1.807) is 18.3 Å². The van der Waals surface area contributed by atoms with Crippen LogP contribution in [-0.2, 0) is 4.79 Å². The number of aromatic amines is 1. The van der Waals surface area contributed by atoms with Gasteiger partial charge in [-0.15, -0.1) is 0 Å².